The first-order chi connectivity index (χ1) is 11.2. The van der Waals surface area contributed by atoms with Gasteiger partial charge in [0.25, 0.3) is 0 Å². The van der Waals surface area contributed by atoms with E-state index in [-0.39, 0.29) is 12.4 Å². The van der Waals surface area contributed by atoms with Crippen molar-refractivity contribution < 1.29 is 23.0 Å². The molecule has 2 heterocycles. The summed E-state index contributed by atoms with van der Waals surface area (Å²) in [6.45, 7) is 2.38. The smallest absolute Gasteiger partial charge is 0.201 e. The van der Waals surface area contributed by atoms with Gasteiger partial charge in [-0.05, 0) is 12.1 Å². The van der Waals surface area contributed by atoms with E-state index >= 15 is 0 Å². The predicted molar refractivity (Wildman–Crippen MR) is 82.1 cm³/mol. The number of rotatable bonds is 5. The van der Waals surface area contributed by atoms with Crippen LogP contribution in [0.2, 0.25) is 0 Å². The van der Waals surface area contributed by atoms with Crippen molar-refractivity contribution in [1.29, 1.82) is 0 Å². The molecular formula is C15H14F2N2O3S. The van der Waals surface area contributed by atoms with Crippen LogP contribution >= 0.6 is 11.3 Å². The number of carbonyl (C=O) groups is 1. The van der Waals surface area contributed by atoms with Crippen molar-refractivity contribution in [2.45, 2.75) is 0 Å². The summed E-state index contributed by atoms with van der Waals surface area (Å²) in [5, 5.41) is 2.54. The Bertz CT molecular complexity index is 702. The van der Waals surface area contributed by atoms with Gasteiger partial charge in [-0.15, -0.1) is 11.3 Å². The van der Waals surface area contributed by atoms with Gasteiger partial charge < -0.3 is 14.4 Å². The number of aromatic nitrogens is 1. The molecule has 0 unspecified atom stereocenters. The van der Waals surface area contributed by atoms with Gasteiger partial charge in [0.1, 0.15) is 6.61 Å². The molecule has 1 aliphatic rings. The Morgan fingerprint density at radius 1 is 1.35 bits per heavy atom. The third-order valence-corrected chi connectivity index (χ3v) is 4.30. The van der Waals surface area contributed by atoms with Crippen molar-refractivity contribution >= 4 is 22.8 Å². The highest BCUT2D eigenvalue weighted by molar-refractivity contribution is 7.14. The number of benzene rings is 1. The lowest BCUT2D eigenvalue weighted by Crippen LogP contribution is -2.36. The Balaban J connectivity index is 1.93. The van der Waals surface area contributed by atoms with Crippen molar-refractivity contribution in [2.75, 3.05) is 37.8 Å². The van der Waals surface area contributed by atoms with Crippen LogP contribution in [0.1, 0.15) is 0 Å². The number of ether oxygens (including phenoxy) is 2. The molecule has 0 saturated carbocycles. The number of hydrogen-bond donors (Lipinski definition) is 0. The molecule has 5 nitrogen and oxygen atoms in total. The summed E-state index contributed by atoms with van der Waals surface area (Å²) in [5.74, 6) is -2.44. The molecule has 1 aromatic heterocycles. The van der Waals surface area contributed by atoms with E-state index in [9.17, 15) is 13.6 Å². The van der Waals surface area contributed by atoms with Crippen LogP contribution in [0.15, 0.2) is 17.5 Å². The van der Waals surface area contributed by atoms with E-state index in [1.54, 1.807) is 5.38 Å². The Morgan fingerprint density at radius 3 is 2.87 bits per heavy atom. The molecule has 2 aromatic rings. The highest BCUT2D eigenvalue weighted by Gasteiger charge is 2.20. The molecule has 1 fully saturated rings. The monoisotopic (exact) mass is 340 g/mol. The van der Waals surface area contributed by atoms with Gasteiger partial charge in [0.15, 0.2) is 23.0 Å². The van der Waals surface area contributed by atoms with Crippen molar-refractivity contribution in [2.24, 2.45) is 0 Å². The first-order valence-corrected chi connectivity index (χ1v) is 7.91. The zero-order chi connectivity index (χ0) is 16.2. The van der Waals surface area contributed by atoms with Crippen LogP contribution in [-0.2, 0) is 9.53 Å². The van der Waals surface area contributed by atoms with E-state index in [2.05, 4.69) is 9.88 Å². The fourth-order valence-electron chi connectivity index (χ4n) is 2.28. The first-order valence-electron chi connectivity index (χ1n) is 7.03. The molecule has 0 bridgehead atoms. The highest BCUT2D eigenvalue weighted by atomic mass is 32.1. The number of halogens is 2. The van der Waals surface area contributed by atoms with Crippen molar-refractivity contribution in [3.63, 3.8) is 0 Å². The van der Waals surface area contributed by atoms with E-state index in [1.807, 2.05) is 0 Å². The number of hydrogen-bond acceptors (Lipinski definition) is 6. The maximum Gasteiger partial charge on any atom is 0.201 e. The van der Waals surface area contributed by atoms with Crippen LogP contribution in [0.5, 0.6) is 5.75 Å². The number of aldehydes is 1. The van der Waals surface area contributed by atoms with Crippen LogP contribution in [0.25, 0.3) is 11.3 Å². The van der Waals surface area contributed by atoms with Crippen LogP contribution in [0.4, 0.5) is 13.9 Å². The second-order valence-corrected chi connectivity index (χ2v) is 5.67. The Labute approximate surface area is 135 Å². The molecule has 0 N–H and O–H groups in total. The standard InChI is InChI=1S/C15H14F2N2O3S/c16-11-2-1-10(14(13(11)17)22-8-5-20)12-9-23-15(18-12)19-3-6-21-7-4-19/h1-2,5,9H,3-4,6-8H2. The van der Waals surface area contributed by atoms with Gasteiger partial charge in [-0.25, -0.2) is 9.37 Å². The summed E-state index contributed by atoms with van der Waals surface area (Å²) in [6.07, 6.45) is 0.480. The van der Waals surface area contributed by atoms with E-state index in [4.69, 9.17) is 9.47 Å². The maximum atomic E-state index is 14.0. The fraction of sp³-hybridized carbons (Fsp3) is 0.333. The summed E-state index contributed by atoms with van der Waals surface area (Å²) in [4.78, 5) is 17.0. The van der Waals surface area contributed by atoms with E-state index in [0.717, 1.165) is 24.3 Å². The van der Waals surface area contributed by atoms with Gasteiger partial charge in [0, 0.05) is 24.0 Å². The quantitative estimate of drug-likeness (QED) is 0.783. The van der Waals surface area contributed by atoms with Crippen molar-refractivity contribution in [1.82, 2.24) is 4.98 Å². The zero-order valence-corrected chi connectivity index (χ0v) is 12.9. The lowest BCUT2D eigenvalue weighted by molar-refractivity contribution is -0.109. The number of carbonyl (C=O) groups excluding carboxylic acids is 1. The number of nitrogens with zero attached hydrogens (tertiary/aromatic N) is 2. The van der Waals surface area contributed by atoms with E-state index < -0.39 is 11.6 Å². The normalized spacial score (nSPS) is 14.8. The summed E-state index contributed by atoms with van der Waals surface area (Å²) in [5.41, 5.74) is 0.804. The lowest BCUT2D eigenvalue weighted by atomic mass is 10.1. The molecule has 0 radical (unpaired) electrons. The largest absolute Gasteiger partial charge is 0.482 e. The predicted octanol–water partition coefficient (Wildman–Crippen LogP) is 2.50. The molecule has 0 amide bonds. The molecule has 3 rings (SSSR count). The lowest BCUT2D eigenvalue weighted by Gasteiger charge is -2.26. The SMILES string of the molecule is O=CCOc1c(-c2csc(N3CCOCC3)n2)ccc(F)c1F. The number of morpholine rings is 1. The summed E-state index contributed by atoms with van der Waals surface area (Å²) in [6, 6.07) is 2.42. The molecule has 122 valence electrons. The third kappa shape index (κ3) is 3.32. The van der Waals surface area contributed by atoms with E-state index in [0.29, 0.717) is 30.8 Å². The minimum atomic E-state index is -1.12. The number of anilines is 1. The fourth-order valence-corrected chi connectivity index (χ4v) is 3.16. The van der Waals surface area contributed by atoms with Crippen LogP contribution in [0, 0.1) is 11.6 Å². The summed E-state index contributed by atoms with van der Waals surface area (Å²) < 4.78 is 37.7. The van der Waals surface area contributed by atoms with Crippen molar-refractivity contribution in [3.8, 4) is 17.0 Å². The molecule has 1 aromatic carbocycles. The Morgan fingerprint density at radius 2 is 2.13 bits per heavy atom. The maximum absolute atomic E-state index is 14.0. The molecule has 1 aliphatic heterocycles. The Kier molecular flexibility index (Phi) is 4.82. The van der Waals surface area contributed by atoms with Gasteiger partial charge in [0.05, 0.1) is 18.9 Å². The van der Waals surface area contributed by atoms with Gasteiger partial charge >= 0.3 is 0 Å². The second-order valence-electron chi connectivity index (χ2n) is 4.83. The minimum Gasteiger partial charge on any atom is -0.482 e. The van der Waals surface area contributed by atoms with Gasteiger partial charge in [-0.2, -0.15) is 4.39 Å². The summed E-state index contributed by atoms with van der Waals surface area (Å²) >= 11 is 1.41. The average Bonchev–Trinajstić information content (AvgIpc) is 3.07. The molecular weight excluding hydrogens is 326 g/mol. The first kappa shape index (κ1) is 15.8. The van der Waals surface area contributed by atoms with Gasteiger partial charge in [-0.1, -0.05) is 0 Å². The van der Waals surface area contributed by atoms with Crippen LogP contribution in [0.3, 0.4) is 0 Å². The number of thiazole rings is 1. The molecule has 0 spiro atoms. The Hall–Kier alpha value is -2.06. The molecule has 23 heavy (non-hydrogen) atoms. The van der Waals surface area contributed by atoms with E-state index in [1.165, 1.54) is 17.4 Å². The topological polar surface area (TPSA) is 51.7 Å². The highest BCUT2D eigenvalue weighted by Crippen LogP contribution is 2.36. The minimum absolute atomic E-state index is 0.295. The zero-order valence-electron chi connectivity index (χ0n) is 12.1. The third-order valence-electron chi connectivity index (χ3n) is 3.40. The van der Waals surface area contributed by atoms with Crippen LogP contribution in [-0.4, -0.2) is 44.2 Å². The molecule has 0 aliphatic carbocycles. The second kappa shape index (κ2) is 7.01. The van der Waals surface area contributed by atoms with Crippen molar-refractivity contribution in [3.05, 3.63) is 29.1 Å². The molecule has 0 atom stereocenters. The van der Waals surface area contributed by atoms with Crippen LogP contribution < -0.4 is 9.64 Å². The molecule has 8 heteroatoms. The molecule has 1 saturated heterocycles. The van der Waals surface area contributed by atoms with Gasteiger partial charge in [-0.3, -0.25) is 4.79 Å². The summed E-state index contributed by atoms with van der Waals surface area (Å²) in [7, 11) is 0. The average molecular weight is 340 g/mol. The van der Waals surface area contributed by atoms with Gasteiger partial charge in [0.2, 0.25) is 5.82 Å².